The lowest BCUT2D eigenvalue weighted by atomic mass is 10.0. The highest BCUT2D eigenvalue weighted by Gasteiger charge is 2.32. The summed E-state index contributed by atoms with van der Waals surface area (Å²) in [5.41, 5.74) is -2.84. The second kappa shape index (κ2) is 5.68. The van der Waals surface area contributed by atoms with Crippen LogP contribution in [0.1, 0.15) is 25.7 Å². The second-order valence-electron chi connectivity index (χ2n) is 5.65. The van der Waals surface area contributed by atoms with Crippen LogP contribution in [-0.2, 0) is 16.3 Å². The van der Waals surface area contributed by atoms with Crippen LogP contribution in [0.2, 0.25) is 0 Å². The summed E-state index contributed by atoms with van der Waals surface area (Å²) < 4.78 is 6.45. The molecule has 0 saturated heterocycles. The van der Waals surface area contributed by atoms with Crippen LogP contribution in [-0.4, -0.2) is 43.2 Å². The highest BCUT2D eigenvalue weighted by Crippen LogP contribution is 2.50. The summed E-state index contributed by atoms with van der Waals surface area (Å²) in [6.45, 7) is 0.879. The van der Waals surface area contributed by atoms with Crippen molar-refractivity contribution in [1.29, 1.82) is 0 Å². The molecule has 1 aliphatic rings. The van der Waals surface area contributed by atoms with Gasteiger partial charge in [-0.05, 0) is 30.6 Å². The molecule has 2 atom stereocenters. The van der Waals surface area contributed by atoms with Crippen LogP contribution in [0.15, 0.2) is 0 Å². The topological polar surface area (TPSA) is 29.5 Å². The van der Waals surface area contributed by atoms with Crippen molar-refractivity contribution in [2.75, 3.05) is 27.7 Å². The molecule has 16 heavy (non-hydrogen) atoms. The molecule has 1 N–H and O–H groups in total. The van der Waals surface area contributed by atoms with E-state index in [1.54, 1.807) is 0 Å². The van der Waals surface area contributed by atoms with Gasteiger partial charge in [-0.1, -0.05) is 25.1 Å². The van der Waals surface area contributed by atoms with Crippen molar-refractivity contribution in [2.45, 2.75) is 31.8 Å². The summed E-state index contributed by atoms with van der Waals surface area (Å²) in [7, 11) is 6.39. The number of quaternary nitrogens is 1. The summed E-state index contributed by atoms with van der Waals surface area (Å²) in [5, 5.41) is 0. The van der Waals surface area contributed by atoms with Crippen LogP contribution in [0, 0.1) is 5.92 Å². The fourth-order valence-corrected chi connectivity index (χ4v) is 3.60. The van der Waals surface area contributed by atoms with E-state index in [9.17, 15) is 4.89 Å². The van der Waals surface area contributed by atoms with Crippen LogP contribution < -0.4 is 0 Å². The van der Waals surface area contributed by atoms with Gasteiger partial charge in [0.2, 0.25) is 5.69 Å². The van der Waals surface area contributed by atoms with Crippen molar-refractivity contribution in [3.63, 3.8) is 0 Å². The third-order valence-electron chi connectivity index (χ3n) is 2.93. The van der Waals surface area contributed by atoms with Crippen LogP contribution in [0.4, 0.5) is 0 Å². The molecule has 96 valence electrons. The first-order chi connectivity index (χ1) is 7.17. The molecule has 0 bridgehead atoms. The number of nitrogens with zero attached hydrogens (tertiary/aromatic N) is 1. The van der Waals surface area contributed by atoms with Gasteiger partial charge in [-0.2, -0.15) is 0 Å². The predicted molar refractivity (Wildman–Crippen MR) is 75.2 cm³/mol. The maximum absolute atomic E-state index is 9.61. The first-order valence-electron chi connectivity index (χ1n) is 5.72. The van der Waals surface area contributed by atoms with Gasteiger partial charge in [0.05, 0.1) is 21.1 Å². The first kappa shape index (κ1) is 14.9. The normalized spacial score (nSPS) is 24.3. The Hall–Kier alpha value is 0.880. The fraction of sp³-hybridized carbons (Fsp3) is 1.00. The van der Waals surface area contributed by atoms with E-state index >= 15 is 0 Å². The Morgan fingerprint density at radius 2 is 1.94 bits per heavy atom. The van der Waals surface area contributed by atoms with Gasteiger partial charge in [-0.15, -0.1) is 0 Å². The number of rotatable bonds is 5. The van der Waals surface area contributed by atoms with Crippen LogP contribution in [0.5, 0.6) is 0 Å². The number of likely N-dealkylation sites (N-methyl/N-ethyl adjacent to an activating group) is 1. The lowest BCUT2D eigenvalue weighted by molar-refractivity contribution is -0.873. The smallest absolute Gasteiger partial charge is 0.242 e. The molecule has 0 aromatic carbocycles. The highest BCUT2D eigenvalue weighted by atomic mass is 32.9. The molecule has 1 rings (SSSR count). The molecule has 0 heterocycles. The Labute approximate surface area is 109 Å². The largest absolute Gasteiger partial charge is 0.338 e. The van der Waals surface area contributed by atoms with Gasteiger partial charge in [-0.25, -0.2) is 0 Å². The number of thiol groups is 1. The minimum atomic E-state index is -2.84. The maximum Gasteiger partial charge on any atom is 0.242 e. The zero-order valence-electron chi connectivity index (χ0n) is 10.3. The Kier molecular flexibility index (Phi) is 5.30. The van der Waals surface area contributed by atoms with Gasteiger partial charge in [0, 0.05) is 0 Å². The van der Waals surface area contributed by atoms with Crippen LogP contribution in [0.3, 0.4) is 0 Å². The molecule has 1 aliphatic carbocycles. The molecule has 1 fully saturated rings. The van der Waals surface area contributed by atoms with Gasteiger partial charge in [0.1, 0.15) is 12.6 Å². The number of hydrogen-bond acceptors (Lipinski definition) is 2. The third kappa shape index (κ3) is 5.99. The van der Waals surface area contributed by atoms with Crippen molar-refractivity contribution in [3.8, 4) is 0 Å². The van der Waals surface area contributed by atoms with E-state index in [1.165, 1.54) is 25.7 Å². The molecule has 0 radical (unpaired) electrons. The molecule has 3 nitrogen and oxygen atoms in total. The van der Waals surface area contributed by atoms with Crippen molar-refractivity contribution in [3.05, 3.63) is 0 Å². The highest BCUT2D eigenvalue weighted by molar-refractivity contribution is 8.59. The van der Waals surface area contributed by atoms with Gasteiger partial charge in [0.15, 0.2) is 0 Å². The Morgan fingerprint density at radius 3 is 2.31 bits per heavy atom. The van der Waals surface area contributed by atoms with Crippen LogP contribution >= 0.6 is 17.9 Å². The Morgan fingerprint density at radius 1 is 1.44 bits per heavy atom. The van der Waals surface area contributed by atoms with E-state index in [4.69, 9.17) is 16.3 Å². The molecule has 0 spiro atoms. The van der Waals surface area contributed by atoms with E-state index in [0.29, 0.717) is 5.92 Å². The van der Waals surface area contributed by atoms with Crippen molar-refractivity contribution in [2.24, 2.45) is 5.92 Å². The molecule has 2 unspecified atom stereocenters. The molecule has 0 aromatic heterocycles. The van der Waals surface area contributed by atoms with Gasteiger partial charge in [0.25, 0.3) is 0 Å². The minimum Gasteiger partial charge on any atom is -0.338 e. The van der Waals surface area contributed by atoms with E-state index in [-0.39, 0.29) is 6.10 Å². The van der Waals surface area contributed by atoms with E-state index in [1.807, 2.05) is 0 Å². The summed E-state index contributed by atoms with van der Waals surface area (Å²) in [4.78, 5) is 9.61. The predicted octanol–water partition coefficient (Wildman–Crippen LogP) is 2.41. The molecule has 0 aliphatic heterocycles. The monoisotopic (exact) mass is 284 g/mol. The van der Waals surface area contributed by atoms with E-state index < -0.39 is 5.69 Å². The second-order valence-corrected chi connectivity index (χ2v) is 10.8. The summed E-state index contributed by atoms with van der Waals surface area (Å²) in [6.07, 6.45) is 4.96. The van der Waals surface area contributed by atoms with Gasteiger partial charge >= 0.3 is 0 Å². The molecular formula is C10H23NO2PS2+. The summed E-state index contributed by atoms with van der Waals surface area (Å²) in [5.74, 6) is 0.541. The molecule has 1 saturated carbocycles. The number of hydrogen-bond donors (Lipinski definition) is 2. The van der Waals surface area contributed by atoms with E-state index in [0.717, 1.165) is 11.0 Å². The van der Waals surface area contributed by atoms with Crippen molar-refractivity contribution < 1.29 is 13.9 Å². The quantitative estimate of drug-likeness (QED) is 0.461. The maximum atomic E-state index is 9.61. The van der Waals surface area contributed by atoms with E-state index in [2.05, 4.69) is 33.4 Å². The first-order valence-corrected chi connectivity index (χ1v) is 9.54. The van der Waals surface area contributed by atoms with Gasteiger partial charge < -0.3 is 13.9 Å². The summed E-state index contributed by atoms with van der Waals surface area (Å²) >= 11 is 8.88. The standard InChI is InChI=1S/C10H22NO2PS2/c1-11(2,3)8-10(13-14(12,15)16)9-6-4-5-7-9/h9-10H,4-8H2,1-3H3,(H-,12,15,16)/p+1. The average Bonchev–Trinajstić information content (AvgIpc) is 2.47. The van der Waals surface area contributed by atoms with Crippen LogP contribution in [0.25, 0.3) is 0 Å². The Bertz CT molecular complexity index is 268. The summed E-state index contributed by atoms with van der Waals surface area (Å²) in [6, 6.07) is 0. The molecule has 6 heteroatoms. The Balaban J connectivity index is 2.64. The van der Waals surface area contributed by atoms with Crippen molar-refractivity contribution in [1.82, 2.24) is 0 Å². The average molecular weight is 284 g/mol. The molecule has 0 amide bonds. The molecule has 0 aromatic rings. The lowest BCUT2D eigenvalue weighted by Gasteiger charge is -2.33. The third-order valence-corrected chi connectivity index (χ3v) is 4.01. The zero-order chi connectivity index (χ0) is 12.4. The fourth-order valence-electron chi connectivity index (χ4n) is 2.31. The zero-order valence-corrected chi connectivity index (χ0v) is 12.9. The SMILES string of the molecule is C[N+](C)(C)CC(OP(O)(=S)S)C1CCCC1. The molecular weight excluding hydrogens is 261 g/mol. The lowest BCUT2D eigenvalue weighted by Crippen LogP contribution is -2.44. The minimum absolute atomic E-state index is 0.0517. The van der Waals surface area contributed by atoms with Gasteiger partial charge in [-0.3, -0.25) is 0 Å². The van der Waals surface area contributed by atoms with Crippen molar-refractivity contribution >= 4 is 29.7 Å².